The van der Waals surface area contributed by atoms with Gasteiger partial charge in [-0.25, -0.2) is 0 Å². The minimum atomic E-state index is -0.650. The molecule has 88 valence electrons. The number of rotatable bonds is 2. The lowest BCUT2D eigenvalue weighted by Crippen LogP contribution is -2.45. The van der Waals surface area contributed by atoms with E-state index in [1.165, 1.54) is 11.4 Å². The van der Waals surface area contributed by atoms with Crippen LogP contribution in [0.15, 0.2) is 24.3 Å². The molecule has 3 nitrogen and oxygen atoms in total. The van der Waals surface area contributed by atoms with E-state index in [0.29, 0.717) is 6.54 Å². The molecule has 2 rings (SSSR count). The number of likely N-dealkylation sites (N-methyl/N-ethyl adjacent to an activating group) is 1. The summed E-state index contributed by atoms with van der Waals surface area (Å²) in [6.45, 7) is 6.37. The molecular weight excluding hydrogens is 200 g/mol. The number of benzene rings is 1. The molecule has 0 saturated carbocycles. The second-order valence-electron chi connectivity index (χ2n) is 5.14. The van der Waals surface area contributed by atoms with Crippen LogP contribution in [0.3, 0.4) is 0 Å². The van der Waals surface area contributed by atoms with Crippen molar-refractivity contribution >= 4 is 11.4 Å². The first kappa shape index (κ1) is 11.3. The Bertz CT molecular complexity index is 370. The molecule has 3 heteroatoms. The van der Waals surface area contributed by atoms with E-state index < -0.39 is 5.60 Å². The van der Waals surface area contributed by atoms with Gasteiger partial charge in [0.1, 0.15) is 0 Å². The molecule has 0 bridgehead atoms. The van der Waals surface area contributed by atoms with Crippen molar-refractivity contribution in [3.63, 3.8) is 0 Å². The highest BCUT2D eigenvalue weighted by Crippen LogP contribution is 2.32. The molecule has 0 aliphatic carbocycles. The third kappa shape index (κ3) is 2.30. The molecule has 1 aliphatic rings. The minimum absolute atomic E-state index is 0.650. The fraction of sp³-hybridized carbons (Fsp3) is 0.538. The molecule has 0 radical (unpaired) electrons. The van der Waals surface area contributed by atoms with Gasteiger partial charge in [0.05, 0.1) is 17.0 Å². The smallest absolute Gasteiger partial charge is 0.0765 e. The predicted octanol–water partition coefficient (Wildman–Crippen LogP) is 1.71. The van der Waals surface area contributed by atoms with Gasteiger partial charge in [-0.15, -0.1) is 0 Å². The molecular formula is C13H20N2O. The Labute approximate surface area is 97.3 Å². The third-order valence-electron chi connectivity index (χ3n) is 2.92. The summed E-state index contributed by atoms with van der Waals surface area (Å²) in [6, 6.07) is 8.36. The zero-order chi connectivity index (χ0) is 11.8. The molecule has 0 atom stereocenters. The van der Waals surface area contributed by atoms with Crippen molar-refractivity contribution in [2.75, 3.05) is 36.5 Å². The van der Waals surface area contributed by atoms with Crippen molar-refractivity contribution in [2.45, 2.75) is 19.4 Å². The lowest BCUT2D eigenvalue weighted by Gasteiger charge is -2.39. The number of para-hydroxylation sites is 2. The van der Waals surface area contributed by atoms with Gasteiger partial charge in [-0.1, -0.05) is 12.1 Å². The molecule has 1 aromatic rings. The van der Waals surface area contributed by atoms with E-state index >= 15 is 0 Å². The van der Waals surface area contributed by atoms with E-state index in [-0.39, 0.29) is 0 Å². The Kier molecular flexibility index (Phi) is 2.80. The Morgan fingerprint density at radius 3 is 2.44 bits per heavy atom. The van der Waals surface area contributed by atoms with E-state index in [9.17, 15) is 5.11 Å². The SMILES string of the molecule is CN1CCN(CC(C)(C)O)c2ccccc21. The van der Waals surface area contributed by atoms with Crippen LogP contribution in [0.25, 0.3) is 0 Å². The summed E-state index contributed by atoms with van der Waals surface area (Å²) in [5.41, 5.74) is 1.82. The van der Waals surface area contributed by atoms with E-state index in [4.69, 9.17) is 0 Å². The van der Waals surface area contributed by atoms with Crippen LogP contribution in [0, 0.1) is 0 Å². The maximum absolute atomic E-state index is 9.91. The Morgan fingerprint density at radius 1 is 1.19 bits per heavy atom. The van der Waals surface area contributed by atoms with E-state index in [2.05, 4.69) is 41.1 Å². The second kappa shape index (κ2) is 3.98. The first-order chi connectivity index (χ1) is 7.47. The Balaban J connectivity index is 2.28. The summed E-state index contributed by atoms with van der Waals surface area (Å²) < 4.78 is 0. The Morgan fingerprint density at radius 2 is 1.81 bits per heavy atom. The predicted molar refractivity (Wildman–Crippen MR) is 68.2 cm³/mol. The second-order valence-corrected chi connectivity index (χ2v) is 5.14. The van der Waals surface area contributed by atoms with Crippen molar-refractivity contribution in [3.8, 4) is 0 Å². The number of nitrogens with zero attached hydrogens (tertiary/aromatic N) is 2. The average Bonchev–Trinajstić information content (AvgIpc) is 2.21. The summed E-state index contributed by atoms with van der Waals surface area (Å²) in [4.78, 5) is 4.52. The molecule has 0 aromatic heterocycles. The van der Waals surface area contributed by atoms with E-state index in [0.717, 1.165) is 13.1 Å². The normalized spacial score (nSPS) is 16.2. The van der Waals surface area contributed by atoms with Crippen LogP contribution in [-0.2, 0) is 0 Å². The highest BCUT2D eigenvalue weighted by Gasteiger charge is 2.24. The number of aliphatic hydroxyl groups is 1. The van der Waals surface area contributed by atoms with Gasteiger partial charge in [0.2, 0.25) is 0 Å². The zero-order valence-electron chi connectivity index (χ0n) is 10.3. The molecule has 0 unspecified atom stereocenters. The minimum Gasteiger partial charge on any atom is -0.389 e. The maximum Gasteiger partial charge on any atom is 0.0765 e. The van der Waals surface area contributed by atoms with Crippen molar-refractivity contribution in [3.05, 3.63) is 24.3 Å². The number of hydrogen-bond acceptors (Lipinski definition) is 3. The molecule has 0 fully saturated rings. The average molecular weight is 220 g/mol. The number of fused-ring (bicyclic) bond motifs is 1. The number of hydrogen-bond donors (Lipinski definition) is 1. The molecule has 1 aromatic carbocycles. The van der Waals surface area contributed by atoms with Crippen LogP contribution in [0.4, 0.5) is 11.4 Å². The highest BCUT2D eigenvalue weighted by atomic mass is 16.3. The molecule has 1 aliphatic heterocycles. The standard InChI is InChI=1S/C13H20N2O/c1-13(2,16)10-15-9-8-14(3)11-6-4-5-7-12(11)15/h4-7,16H,8-10H2,1-3H3. The first-order valence-electron chi connectivity index (χ1n) is 5.75. The summed E-state index contributed by atoms with van der Waals surface area (Å²) in [5, 5.41) is 9.91. The fourth-order valence-corrected chi connectivity index (χ4v) is 2.20. The van der Waals surface area contributed by atoms with Gasteiger partial charge in [-0.2, -0.15) is 0 Å². The zero-order valence-corrected chi connectivity index (χ0v) is 10.3. The van der Waals surface area contributed by atoms with Gasteiger partial charge < -0.3 is 14.9 Å². The fourth-order valence-electron chi connectivity index (χ4n) is 2.20. The summed E-state index contributed by atoms with van der Waals surface area (Å²) in [7, 11) is 2.11. The van der Waals surface area contributed by atoms with Crippen LogP contribution in [-0.4, -0.2) is 37.4 Å². The van der Waals surface area contributed by atoms with Crippen LogP contribution < -0.4 is 9.80 Å². The molecule has 0 amide bonds. The van der Waals surface area contributed by atoms with E-state index in [1.807, 2.05) is 13.8 Å². The monoisotopic (exact) mass is 220 g/mol. The first-order valence-corrected chi connectivity index (χ1v) is 5.75. The molecule has 16 heavy (non-hydrogen) atoms. The number of anilines is 2. The summed E-state index contributed by atoms with van der Waals surface area (Å²) in [6.07, 6.45) is 0. The van der Waals surface area contributed by atoms with Gasteiger partial charge >= 0.3 is 0 Å². The number of β-amino-alcohol motifs (C(OH)–C–C–N with tert-alkyl or cyclic N) is 1. The lowest BCUT2D eigenvalue weighted by molar-refractivity contribution is 0.0873. The molecule has 0 spiro atoms. The van der Waals surface area contributed by atoms with Gasteiger partial charge in [-0.05, 0) is 26.0 Å². The van der Waals surface area contributed by atoms with Crippen LogP contribution in [0.2, 0.25) is 0 Å². The summed E-state index contributed by atoms with van der Waals surface area (Å²) in [5.74, 6) is 0. The van der Waals surface area contributed by atoms with Gasteiger partial charge in [-0.3, -0.25) is 0 Å². The van der Waals surface area contributed by atoms with Crippen molar-refractivity contribution < 1.29 is 5.11 Å². The van der Waals surface area contributed by atoms with Crippen molar-refractivity contribution in [1.29, 1.82) is 0 Å². The van der Waals surface area contributed by atoms with Gasteiger partial charge in [0.15, 0.2) is 0 Å². The van der Waals surface area contributed by atoms with Gasteiger partial charge in [0.25, 0.3) is 0 Å². The largest absolute Gasteiger partial charge is 0.389 e. The molecule has 1 N–H and O–H groups in total. The van der Waals surface area contributed by atoms with Crippen molar-refractivity contribution in [2.24, 2.45) is 0 Å². The van der Waals surface area contributed by atoms with Crippen LogP contribution in [0.5, 0.6) is 0 Å². The molecule has 1 heterocycles. The van der Waals surface area contributed by atoms with E-state index in [1.54, 1.807) is 0 Å². The van der Waals surface area contributed by atoms with Crippen LogP contribution in [0.1, 0.15) is 13.8 Å². The van der Waals surface area contributed by atoms with Crippen LogP contribution >= 0.6 is 0 Å². The lowest BCUT2D eigenvalue weighted by atomic mass is 10.1. The molecule has 0 saturated heterocycles. The highest BCUT2D eigenvalue weighted by molar-refractivity contribution is 5.73. The van der Waals surface area contributed by atoms with Gasteiger partial charge in [0, 0.05) is 26.7 Å². The Hall–Kier alpha value is -1.22. The third-order valence-corrected chi connectivity index (χ3v) is 2.92. The topological polar surface area (TPSA) is 26.7 Å². The van der Waals surface area contributed by atoms with Crippen molar-refractivity contribution in [1.82, 2.24) is 0 Å². The maximum atomic E-state index is 9.91. The summed E-state index contributed by atoms with van der Waals surface area (Å²) >= 11 is 0. The quantitative estimate of drug-likeness (QED) is 0.822.